The molecule has 1 N–H and O–H groups in total. The molecule has 1 fully saturated rings. The van der Waals surface area contributed by atoms with Gasteiger partial charge in [0.1, 0.15) is 17.7 Å². The minimum atomic E-state index is -0.887. The van der Waals surface area contributed by atoms with Crippen LogP contribution in [0, 0.1) is 5.82 Å². The van der Waals surface area contributed by atoms with Gasteiger partial charge in [0.05, 0.1) is 17.1 Å². The second-order valence-corrected chi connectivity index (χ2v) is 7.21. The number of aryl methyl sites for hydroxylation is 1. The van der Waals surface area contributed by atoms with Crippen LogP contribution < -0.4 is 10.5 Å². The first-order valence-electron chi connectivity index (χ1n) is 9.09. The molecule has 0 saturated heterocycles. The highest BCUT2D eigenvalue weighted by Gasteiger charge is 2.31. The highest BCUT2D eigenvalue weighted by Crippen LogP contribution is 2.33. The molecule has 0 spiro atoms. The van der Waals surface area contributed by atoms with Gasteiger partial charge < -0.3 is 14.6 Å². The van der Waals surface area contributed by atoms with Crippen LogP contribution in [0.3, 0.4) is 0 Å². The normalized spacial score (nSPS) is 19.3. The number of nitrogens with zero attached hydrogens (tertiary/aromatic N) is 4. The molecule has 0 amide bonds. The van der Waals surface area contributed by atoms with Crippen molar-refractivity contribution in [1.29, 1.82) is 0 Å². The third kappa shape index (κ3) is 2.98. The summed E-state index contributed by atoms with van der Waals surface area (Å²) in [6, 6.07) is 5.74. The van der Waals surface area contributed by atoms with Crippen molar-refractivity contribution in [2.24, 2.45) is 7.05 Å². The van der Waals surface area contributed by atoms with Gasteiger partial charge in [-0.15, -0.1) is 10.2 Å². The highest BCUT2D eigenvalue weighted by atomic mass is 19.1. The molecule has 6 nitrogen and oxygen atoms in total. The van der Waals surface area contributed by atoms with Gasteiger partial charge in [0.25, 0.3) is 5.56 Å². The summed E-state index contributed by atoms with van der Waals surface area (Å²) in [5.74, 6) is -0.235. The highest BCUT2D eigenvalue weighted by molar-refractivity contribution is 5.89. The number of benzene rings is 1. The lowest BCUT2D eigenvalue weighted by atomic mass is 10.0. The van der Waals surface area contributed by atoms with E-state index in [-0.39, 0.29) is 28.1 Å². The summed E-state index contributed by atoms with van der Waals surface area (Å²) >= 11 is 0. The number of aromatic nitrogens is 3. The fourth-order valence-electron chi connectivity index (χ4n) is 3.81. The molecule has 146 valence electrons. The molecule has 8 heteroatoms. The molecule has 1 saturated carbocycles. The molecule has 1 aromatic carbocycles. The average Bonchev–Trinajstić information content (AvgIpc) is 3.11. The largest absolute Gasteiger partial charge is 0.507 e. The zero-order valence-electron chi connectivity index (χ0n) is 15.6. The second-order valence-electron chi connectivity index (χ2n) is 7.21. The smallest absolute Gasteiger partial charge is 0.258 e. The molecule has 2 heterocycles. The van der Waals surface area contributed by atoms with Gasteiger partial charge >= 0.3 is 0 Å². The number of anilines is 1. The van der Waals surface area contributed by atoms with E-state index in [4.69, 9.17) is 0 Å². The van der Waals surface area contributed by atoms with E-state index >= 15 is 0 Å². The number of pyridine rings is 1. The van der Waals surface area contributed by atoms with E-state index in [0.717, 1.165) is 23.6 Å². The van der Waals surface area contributed by atoms with Crippen LogP contribution in [-0.2, 0) is 7.05 Å². The van der Waals surface area contributed by atoms with Crippen molar-refractivity contribution in [3.8, 4) is 17.0 Å². The van der Waals surface area contributed by atoms with Crippen LogP contribution in [0.5, 0.6) is 5.75 Å². The molecule has 0 radical (unpaired) electrons. The van der Waals surface area contributed by atoms with Crippen molar-refractivity contribution < 1.29 is 13.9 Å². The topological polar surface area (TPSA) is 71.2 Å². The Balaban J connectivity index is 1.72. The molecule has 0 unspecified atom stereocenters. The first kappa shape index (κ1) is 18.3. The van der Waals surface area contributed by atoms with Crippen molar-refractivity contribution in [2.75, 3.05) is 11.9 Å². The predicted octanol–water partition coefficient (Wildman–Crippen LogP) is 3.17. The molecule has 4 rings (SSSR count). The maximum atomic E-state index is 14.3. The summed E-state index contributed by atoms with van der Waals surface area (Å²) < 4.78 is 29.4. The van der Waals surface area contributed by atoms with Crippen molar-refractivity contribution in [2.45, 2.75) is 31.5 Å². The van der Waals surface area contributed by atoms with E-state index in [1.807, 2.05) is 0 Å². The van der Waals surface area contributed by atoms with Gasteiger partial charge in [-0.2, -0.15) is 0 Å². The number of hydrogen-bond donors (Lipinski definition) is 1. The number of rotatable bonds is 3. The number of fused-ring (bicyclic) bond motifs is 1. The quantitative estimate of drug-likeness (QED) is 0.749. The van der Waals surface area contributed by atoms with E-state index in [0.29, 0.717) is 17.9 Å². The van der Waals surface area contributed by atoms with Crippen LogP contribution in [-0.4, -0.2) is 39.1 Å². The van der Waals surface area contributed by atoms with E-state index in [9.17, 15) is 18.7 Å². The van der Waals surface area contributed by atoms with Crippen molar-refractivity contribution in [1.82, 2.24) is 14.8 Å². The zero-order valence-corrected chi connectivity index (χ0v) is 15.6. The van der Waals surface area contributed by atoms with Crippen LogP contribution in [0.15, 0.2) is 35.3 Å². The van der Waals surface area contributed by atoms with Gasteiger partial charge in [-0.25, -0.2) is 8.78 Å². The second kappa shape index (κ2) is 6.85. The number of phenolic OH excluding ortho intramolecular Hbond substituents is 1. The van der Waals surface area contributed by atoms with Gasteiger partial charge in [-0.1, -0.05) is 0 Å². The standard InChI is InChI=1S/C20H20F2N4O2/c1-25-10-15(22)11-8-13(18(27)9-12(11)20(25)28)16-6-7-19(24-23-16)26(2)17-5-3-4-14(17)21/h6-10,14,17,27H,3-5H2,1-2H3/t14-,17+/m1/s1. The van der Waals surface area contributed by atoms with Gasteiger partial charge in [-0.05, 0) is 43.5 Å². The minimum absolute atomic E-state index is 0.0864. The summed E-state index contributed by atoms with van der Waals surface area (Å²) in [7, 11) is 3.23. The molecular weight excluding hydrogens is 366 g/mol. The Labute approximate surface area is 160 Å². The lowest BCUT2D eigenvalue weighted by Crippen LogP contribution is -2.36. The van der Waals surface area contributed by atoms with Crippen molar-refractivity contribution >= 4 is 16.6 Å². The maximum absolute atomic E-state index is 14.3. The van der Waals surface area contributed by atoms with E-state index in [1.54, 1.807) is 24.1 Å². The fraction of sp³-hybridized carbons (Fsp3) is 0.350. The first-order chi connectivity index (χ1) is 13.4. The van der Waals surface area contributed by atoms with Crippen LogP contribution >= 0.6 is 0 Å². The Kier molecular flexibility index (Phi) is 4.49. The zero-order chi connectivity index (χ0) is 20.0. The van der Waals surface area contributed by atoms with Gasteiger partial charge in [0, 0.05) is 31.2 Å². The van der Waals surface area contributed by atoms with E-state index < -0.39 is 17.5 Å². The Morgan fingerprint density at radius 2 is 2.00 bits per heavy atom. The molecule has 0 bridgehead atoms. The SMILES string of the molecule is CN(c1ccc(-c2cc3c(F)cn(C)c(=O)c3cc2O)nn1)[C@H]1CCC[C@H]1F. The molecule has 2 aromatic heterocycles. The van der Waals surface area contributed by atoms with Gasteiger partial charge in [0.2, 0.25) is 0 Å². The lowest BCUT2D eigenvalue weighted by Gasteiger charge is -2.26. The molecule has 28 heavy (non-hydrogen) atoms. The summed E-state index contributed by atoms with van der Waals surface area (Å²) in [5, 5.41) is 18.8. The predicted molar refractivity (Wildman–Crippen MR) is 103 cm³/mol. The number of phenols is 1. The summed E-state index contributed by atoms with van der Waals surface area (Å²) in [6.07, 6.45) is 2.38. The Bertz CT molecular complexity index is 1100. The number of alkyl halides is 1. The monoisotopic (exact) mass is 386 g/mol. The first-order valence-corrected chi connectivity index (χ1v) is 9.09. The van der Waals surface area contributed by atoms with E-state index in [1.165, 1.54) is 19.2 Å². The molecule has 3 aromatic rings. The Morgan fingerprint density at radius 1 is 1.21 bits per heavy atom. The number of halogens is 2. The molecule has 1 aliphatic carbocycles. The Morgan fingerprint density at radius 3 is 2.64 bits per heavy atom. The molecular formula is C20H20F2N4O2. The number of hydrogen-bond acceptors (Lipinski definition) is 5. The molecule has 0 aliphatic heterocycles. The van der Waals surface area contributed by atoms with Crippen LogP contribution in [0.4, 0.5) is 14.6 Å². The average molecular weight is 386 g/mol. The van der Waals surface area contributed by atoms with Gasteiger partial charge in [-0.3, -0.25) is 4.79 Å². The summed E-state index contributed by atoms with van der Waals surface area (Å²) in [6.45, 7) is 0. The van der Waals surface area contributed by atoms with Crippen molar-refractivity contribution in [3.63, 3.8) is 0 Å². The minimum Gasteiger partial charge on any atom is -0.507 e. The summed E-state index contributed by atoms with van der Waals surface area (Å²) in [5.41, 5.74) is 0.198. The lowest BCUT2D eigenvalue weighted by molar-refractivity contribution is 0.306. The maximum Gasteiger partial charge on any atom is 0.258 e. The van der Waals surface area contributed by atoms with Gasteiger partial charge in [0.15, 0.2) is 5.82 Å². The van der Waals surface area contributed by atoms with E-state index in [2.05, 4.69) is 10.2 Å². The molecule has 1 aliphatic rings. The Hall–Kier alpha value is -3.03. The molecule has 2 atom stereocenters. The number of aromatic hydroxyl groups is 1. The third-order valence-corrected chi connectivity index (χ3v) is 5.43. The fourth-order valence-corrected chi connectivity index (χ4v) is 3.81. The summed E-state index contributed by atoms with van der Waals surface area (Å²) in [4.78, 5) is 13.9. The van der Waals surface area contributed by atoms with Crippen molar-refractivity contribution in [3.05, 3.63) is 46.6 Å². The van der Waals surface area contributed by atoms with Crippen LogP contribution in [0.1, 0.15) is 19.3 Å². The van der Waals surface area contributed by atoms with Crippen LogP contribution in [0.25, 0.3) is 22.0 Å². The third-order valence-electron chi connectivity index (χ3n) is 5.43. The van der Waals surface area contributed by atoms with Crippen LogP contribution in [0.2, 0.25) is 0 Å².